The Morgan fingerprint density at radius 1 is 1.04 bits per heavy atom. The molecule has 0 aliphatic heterocycles. The Morgan fingerprint density at radius 3 is 2.52 bits per heavy atom. The van der Waals surface area contributed by atoms with Crippen LogP contribution in [0.2, 0.25) is 0 Å². The minimum atomic E-state index is -3.86. The zero-order chi connectivity index (χ0) is 17.7. The lowest BCUT2D eigenvalue weighted by atomic mass is 10.2. The highest BCUT2D eigenvalue weighted by Gasteiger charge is 2.17. The molecule has 0 fully saturated rings. The largest absolute Gasteiger partial charge is 0.482 e. The van der Waals surface area contributed by atoms with Crippen LogP contribution in [0.3, 0.4) is 0 Å². The molecule has 0 saturated heterocycles. The second-order valence-corrected chi connectivity index (χ2v) is 7.79. The van der Waals surface area contributed by atoms with Gasteiger partial charge in [-0.25, -0.2) is 0 Å². The molecule has 25 heavy (non-hydrogen) atoms. The molecule has 0 aliphatic carbocycles. The molecule has 0 bridgehead atoms. The van der Waals surface area contributed by atoms with E-state index in [4.69, 9.17) is 13.3 Å². The monoisotopic (exact) mass is 378 g/mol. The molecular formula is C17H14O6S2. The Morgan fingerprint density at radius 2 is 1.84 bits per heavy atom. The summed E-state index contributed by atoms with van der Waals surface area (Å²) >= 11 is 1.05. The standard InChI is InChI=1S/C17H14O6S2/c18-15-9-14(11-23-25(19,20)17-7-4-8-24-17)21-12-16(15)22-10-13-5-2-1-3-6-13/h1-9,12H,10-11H2. The van der Waals surface area contributed by atoms with Gasteiger partial charge in [-0.3, -0.25) is 8.98 Å². The SMILES string of the molecule is O=c1cc(COS(=O)(=O)c2cccs2)occ1OCc1ccccc1. The molecule has 6 nitrogen and oxygen atoms in total. The number of rotatable bonds is 7. The van der Waals surface area contributed by atoms with Gasteiger partial charge in [0.15, 0.2) is 0 Å². The smallest absolute Gasteiger partial charge is 0.306 e. The predicted octanol–water partition coefficient (Wildman–Crippen LogP) is 3.19. The summed E-state index contributed by atoms with van der Waals surface area (Å²) in [5, 5.41) is 1.63. The minimum absolute atomic E-state index is 0.0497. The summed E-state index contributed by atoms with van der Waals surface area (Å²) in [6.45, 7) is -0.136. The maximum absolute atomic E-state index is 12.0. The van der Waals surface area contributed by atoms with Crippen molar-refractivity contribution >= 4 is 21.5 Å². The van der Waals surface area contributed by atoms with Crippen molar-refractivity contribution in [2.75, 3.05) is 0 Å². The fraction of sp³-hybridized carbons (Fsp3) is 0.118. The first-order valence-electron chi connectivity index (χ1n) is 7.26. The molecule has 3 rings (SSSR count). The number of benzene rings is 1. The molecule has 2 aromatic heterocycles. The van der Waals surface area contributed by atoms with Crippen LogP contribution < -0.4 is 10.2 Å². The molecule has 0 saturated carbocycles. The van der Waals surface area contributed by atoms with Gasteiger partial charge in [-0.05, 0) is 17.0 Å². The summed E-state index contributed by atoms with van der Waals surface area (Å²) < 4.78 is 39.5. The lowest BCUT2D eigenvalue weighted by Crippen LogP contribution is -2.10. The number of hydrogen-bond donors (Lipinski definition) is 0. The number of hydrogen-bond acceptors (Lipinski definition) is 7. The molecule has 2 heterocycles. The van der Waals surface area contributed by atoms with Crippen molar-refractivity contribution in [1.29, 1.82) is 0 Å². The second-order valence-electron chi connectivity index (χ2n) is 5.00. The average molecular weight is 378 g/mol. The van der Waals surface area contributed by atoms with E-state index in [1.54, 1.807) is 11.4 Å². The van der Waals surface area contributed by atoms with E-state index in [1.165, 1.54) is 6.07 Å². The fourth-order valence-electron chi connectivity index (χ4n) is 1.95. The van der Waals surface area contributed by atoms with E-state index in [2.05, 4.69) is 0 Å². The second kappa shape index (κ2) is 7.64. The molecule has 130 valence electrons. The Kier molecular flexibility index (Phi) is 5.32. The quantitative estimate of drug-likeness (QED) is 0.587. The Bertz CT molecular complexity index is 975. The lowest BCUT2D eigenvalue weighted by Gasteiger charge is -2.06. The maximum Gasteiger partial charge on any atom is 0.306 e. The topological polar surface area (TPSA) is 82.8 Å². The van der Waals surface area contributed by atoms with Gasteiger partial charge < -0.3 is 9.15 Å². The van der Waals surface area contributed by atoms with Crippen LogP contribution in [-0.4, -0.2) is 8.42 Å². The van der Waals surface area contributed by atoms with Crippen molar-refractivity contribution in [3.8, 4) is 5.75 Å². The van der Waals surface area contributed by atoms with Crippen molar-refractivity contribution in [2.24, 2.45) is 0 Å². The Hall–Kier alpha value is -2.42. The molecule has 1 aromatic carbocycles. The summed E-state index contributed by atoms with van der Waals surface area (Å²) in [4.78, 5) is 12.0. The van der Waals surface area contributed by atoms with Gasteiger partial charge in [0, 0.05) is 6.07 Å². The first kappa shape index (κ1) is 17.4. The summed E-state index contributed by atoms with van der Waals surface area (Å²) in [5.41, 5.74) is 0.505. The number of ether oxygens (including phenoxy) is 1. The summed E-state index contributed by atoms with van der Waals surface area (Å²) in [6, 6.07) is 13.6. The van der Waals surface area contributed by atoms with Gasteiger partial charge in [-0.2, -0.15) is 8.42 Å². The molecule has 3 aromatic rings. The number of thiophene rings is 1. The van der Waals surface area contributed by atoms with Crippen molar-refractivity contribution in [1.82, 2.24) is 0 Å². The molecule has 8 heteroatoms. The van der Waals surface area contributed by atoms with E-state index in [0.717, 1.165) is 29.2 Å². The maximum atomic E-state index is 12.0. The molecule has 0 aliphatic rings. The third kappa shape index (κ3) is 4.56. The van der Waals surface area contributed by atoms with Gasteiger partial charge in [0.1, 0.15) is 29.4 Å². The minimum Gasteiger partial charge on any atom is -0.482 e. The molecule has 0 radical (unpaired) electrons. The third-order valence-electron chi connectivity index (χ3n) is 3.19. The van der Waals surface area contributed by atoms with Crippen LogP contribution in [0.25, 0.3) is 0 Å². The summed E-state index contributed by atoms with van der Waals surface area (Å²) in [7, 11) is -3.86. The average Bonchev–Trinajstić information content (AvgIpc) is 3.16. The highest BCUT2D eigenvalue weighted by atomic mass is 32.3. The van der Waals surface area contributed by atoms with E-state index >= 15 is 0 Å². The van der Waals surface area contributed by atoms with Crippen LogP contribution in [0.15, 0.2) is 73.6 Å². The van der Waals surface area contributed by atoms with Crippen molar-refractivity contribution < 1.29 is 21.8 Å². The lowest BCUT2D eigenvalue weighted by molar-refractivity contribution is 0.258. The predicted molar refractivity (Wildman–Crippen MR) is 92.0 cm³/mol. The van der Waals surface area contributed by atoms with Gasteiger partial charge in [-0.1, -0.05) is 36.4 Å². The highest BCUT2D eigenvalue weighted by Crippen LogP contribution is 2.19. The van der Waals surface area contributed by atoms with Crippen LogP contribution in [0, 0.1) is 0 Å². The van der Waals surface area contributed by atoms with Gasteiger partial charge >= 0.3 is 10.1 Å². The van der Waals surface area contributed by atoms with Crippen molar-refractivity contribution in [2.45, 2.75) is 17.4 Å². The van der Waals surface area contributed by atoms with Crippen LogP contribution in [0.5, 0.6) is 5.75 Å². The van der Waals surface area contributed by atoms with Crippen LogP contribution in [0.4, 0.5) is 0 Å². The molecule has 0 N–H and O–H groups in total. The molecular weight excluding hydrogens is 364 g/mol. The Labute approximate surface area is 148 Å². The normalized spacial score (nSPS) is 11.4. The van der Waals surface area contributed by atoms with Crippen LogP contribution in [0.1, 0.15) is 11.3 Å². The zero-order valence-corrected chi connectivity index (χ0v) is 14.6. The van der Waals surface area contributed by atoms with Crippen molar-refractivity contribution in [3.63, 3.8) is 0 Å². The zero-order valence-electron chi connectivity index (χ0n) is 13.0. The first-order valence-corrected chi connectivity index (χ1v) is 9.55. The third-order valence-corrected chi connectivity index (χ3v) is 5.81. The van der Waals surface area contributed by atoms with Crippen molar-refractivity contribution in [3.05, 3.63) is 81.7 Å². The van der Waals surface area contributed by atoms with Gasteiger partial charge in [0.05, 0.1) is 0 Å². The molecule has 0 atom stereocenters. The Balaban J connectivity index is 1.63. The van der Waals surface area contributed by atoms with Crippen LogP contribution in [-0.2, 0) is 27.5 Å². The van der Waals surface area contributed by atoms with E-state index in [9.17, 15) is 13.2 Å². The van der Waals surface area contributed by atoms with Gasteiger partial charge in [-0.15, -0.1) is 11.3 Å². The van der Waals surface area contributed by atoms with E-state index in [0.29, 0.717) is 0 Å². The molecule has 0 amide bonds. The fourth-order valence-corrected chi connectivity index (χ4v) is 3.82. The first-order chi connectivity index (χ1) is 12.0. The van der Waals surface area contributed by atoms with E-state index in [1.807, 2.05) is 30.3 Å². The highest BCUT2D eigenvalue weighted by molar-refractivity contribution is 7.88. The summed E-state index contributed by atoms with van der Waals surface area (Å²) in [6.07, 6.45) is 1.15. The van der Waals surface area contributed by atoms with Crippen LogP contribution >= 0.6 is 11.3 Å². The van der Waals surface area contributed by atoms with Gasteiger partial charge in [0.2, 0.25) is 11.2 Å². The van der Waals surface area contributed by atoms with E-state index in [-0.39, 0.29) is 28.9 Å². The van der Waals surface area contributed by atoms with E-state index < -0.39 is 15.5 Å². The van der Waals surface area contributed by atoms with Gasteiger partial charge in [0.25, 0.3) is 0 Å². The molecule has 0 unspecified atom stereocenters. The molecule has 0 spiro atoms. The summed E-state index contributed by atoms with van der Waals surface area (Å²) in [5.74, 6) is 0.144.